The highest BCUT2D eigenvalue weighted by molar-refractivity contribution is 6.04. The molecule has 2 aromatic carbocycles. The van der Waals surface area contributed by atoms with Crippen molar-refractivity contribution in [1.29, 1.82) is 31.6 Å². The highest BCUT2D eigenvalue weighted by Crippen LogP contribution is 2.41. The van der Waals surface area contributed by atoms with Gasteiger partial charge < -0.3 is 0 Å². The minimum atomic E-state index is -0.687. The first-order chi connectivity index (χ1) is 12.7. The maximum Gasteiger partial charge on any atom is 0.101 e. The molecule has 2 rings (SSSR count). The smallest absolute Gasteiger partial charge is 0.101 e. The van der Waals surface area contributed by atoms with Gasteiger partial charge in [0.25, 0.3) is 0 Å². The number of rotatable bonds is 0. The minimum absolute atomic E-state index is 0.00786. The normalized spacial score (nSPS) is 10.0. The molecule has 126 valence electrons. The van der Waals surface area contributed by atoms with Crippen molar-refractivity contribution in [3.63, 3.8) is 0 Å². The summed E-state index contributed by atoms with van der Waals surface area (Å²) in [6, 6.07) is 11.8. The molecule has 0 bridgehead atoms. The van der Waals surface area contributed by atoms with Gasteiger partial charge in [-0.25, -0.2) is 0 Å². The standard InChI is InChI=1S/C21H12N6/c1-11-12(5-22)14(7-24)19-17(10-27)20(21(2,3)4)16(9-26)15(8-25)18(19)13(11)6-23/h1-4H3. The van der Waals surface area contributed by atoms with Gasteiger partial charge >= 0.3 is 0 Å². The maximum absolute atomic E-state index is 9.86. The number of nitrogens with zero attached hydrogens (tertiary/aromatic N) is 6. The van der Waals surface area contributed by atoms with Crippen LogP contribution in [0.4, 0.5) is 0 Å². The summed E-state index contributed by atoms with van der Waals surface area (Å²) in [7, 11) is 0. The molecule has 0 fully saturated rings. The summed E-state index contributed by atoms with van der Waals surface area (Å²) in [6.45, 7) is 6.86. The molecule has 0 atom stereocenters. The van der Waals surface area contributed by atoms with Crippen molar-refractivity contribution in [3.8, 4) is 36.4 Å². The molecule has 6 heteroatoms. The van der Waals surface area contributed by atoms with Crippen molar-refractivity contribution in [3.05, 3.63) is 44.5 Å². The number of hydrogen-bond donors (Lipinski definition) is 0. The van der Waals surface area contributed by atoms with Crippen LogP contribution >= 0.6 is 0 Å². The highest BCUT2D eigenvalue weighted by atomic mass is 14.4. The first kappa shape index (κ1) is 19.0. The lowest BCUT2D eigenvalue weighted by molar-refractivity contribution is 0.587. The summed E-state index contributed by atoms with van der Waals surface area (Å²) in [4.78, 5) is 0. The molecule has 0 aliphatic rings. The molecule has 0 aromatic heterocycles. The number of hydrogen-bond acceptors (Lipinski definition) is 6. The average molecular weight is 348 g/mol. The van der Waals surface area contributed by atoms with E-state index in [4.69, 9.17) is 0 Å². The van der Waals surface area contributed by atoms with E-state index in [0.717, 1.165) is 0 Å². The van der Waals surface area contributed by atoms with Crippen molar-refractivity contribution in [2.75, 3.05) is 0 Å². The molecule has 6 nitrogen and oxygen atoms in total. The summed E-state index contributed by atoms with van der Waals surface area (Å²) < 4.78 is 0. The zero-order valence-electron chi connectivity index (χ0n) is 15.2. The second-order valence-electron chi connectivity index (χ2n) is 6.92. The van der Waals surface area contributed by atoms with Crippen molar-refractivity contribution < 1.29 is 0 Å². The Morgan fingerprint density at radius 1 is 0.519 bits per heavy atom. The van der Waals surface area contributed by atoms with E-state index in [-0.39, 0.29) is 49.7 Å². The Labute approximate surface area is 156 Å². The molecule has 0 heterocycles. The van der Waals surface area contributed by atoms with Crippen molar-refractivity contribution in [2.45, 2.75) is 33.1 Å². The molecular formula is C21H12N6. The lowest BCUT2D eigenvalue weighted by atomic mass is 9.75. The van der Waals surface area contributed by atoms with Gasteiger partial charge in [-0.2, -0.15) is 31.6 Å². The van der Waals surface area contributed by atoms with E-state index in [1.54, 1.807) is 20.8 Å². The summed E-state index contributed by atoms with van der Waals surface area (Å²) in [6.07, 6.45) is 0. The first-order valence-corrected chi connectivity index (χ1v) is 7.84. The number of benzene rings is 2. The number of fused-ring (bicyclic) bond motifs is 1. The van der Waals surface area contributed by atoms with Crippen molar-refractivity contribution in [1.82, 2.24) is 0 Å². The van der Waals surface area contributed by atoms with Crippen LogP contribution in [0.3, 0.4) is 0 Å². The molecule has 0 aliphatic heterocycles. The van der Waals surface area contributed by atoms with Gasteiger partial charge in [-0.1, -0.05) is 20.8 Å². The van der Waals surface area contributed by atoms with E-state index in [9.17, 15) is 31.6 Å². The second-order valence-corrected chi connectivity index (χ2v) is 6.92. The van der Waals surface area contributed by atoms with Gasteiger partial charge in [0.05, 0.1) is 33.4 Å². The van der Waals surface area contributed by atoms with Crippen LogP contribution in [-0.4, -0.2) is 0 Å². The third-order valence-electron chi connectivity index (χ3n) is 4.42. The van der Waals surface area contributed by atoms with Gasteiger partial charge in [-0.15, -0.1) is 0 Å². The molecule has 0 aliphatic carbocycles. The Balaban J connectivity index is 3.58. The average Bonchev–Trinajstić information content (AvgIpc) is 2.63. The van der Waals surface area contributed by atoms with Gasteiger partial charge in [-0.3, -0.25) is 0 Å². The van der Waals surface area contributed by atoms with Crippen LogP contribution in [-0.2, 0) is 5.41 Å². The van der Waals surface area contributed by atoms with Crippen LogP contribution in [0.1, 0.15) is 65.3 Å². The molecule has 0 saturated heterocycles. The largest absolute Gasteiger partial charge is 0.192 e. The molecule has 0 N–H and O–H groups in total. The van der Waals surface area contributed by atoms with Gasteiger partial charge in [0.1, 0.15) is 36.4 Å². The predicted octanol–water partition coefficient (Wildman–Crippen LogP) is 3.68. The molecule has 0 radical (unpaired) electrons. The minimum Gasteiger partial charge on any atom is -0.192 e. The molecule has 0 amide bonds. The lowest BCUT2D eigenvalue weighted by Gasteiger charge is -2.25. The lowest BCUT2D eigenvalue weighted by Crippen LogP contribution is -2.18. The Morgan fingerprint density at radius 3 is 1.26 bits per heavy atom. The zero-order chi connectivity index (χ0) is 20.5. The third kappa shape index (κ3) is 2.51. The van der Waals surface area contributed by atoms with Crippen LogP contribution in [0.25, 0.3) is 10.8 Å². The molecule has 0 unspecified atom stereocenters. The summed E-state index contributed by atoms with van der Waals surface area (Å²) in [5.74, 6) is 0. The topological polar surface area (TPSA) is 143 Å². The number of nitriles is 6. The molecule has 0 spiro atoms. The molecule has 27 heavy (non-hydrogen) atoms. The quantitative estimate of drug-likeness (QED) is 0.710. The Kier molecular flexibility index (Phi) is 4.57. The fraction of sp³-hybridized carbons (Fsp3) is 0.238. The second kappa shape index (κ2) is 6.51. The summed E-state index contributed by atoms with van der Waals surface area (Å²) >= 11 is 0. The van der Waals surface area contributed by atoms with E-state index in [1.165, 1.54) is 6.92 Å². The summed E-state index contributed by atoms with van der Waals surface area (Å²) in [5.41, 5.74) is -0.175. The zero-order valence-corrected chi connectivity index (χ0v) is 15.2. The molecular weight excluding hydrogens is 336 g/mol. The van der Waals surface area contributed by atoms with Crippen LogP contribution < -0.4 is 0 Å². The van der Waals surface area contributed by atoms with Crippen LogP contribution in [0.2, 0.25) is 0 Å². The highest BCUT2D eigenvalue weighted by Gasteiger charge is 2.32. The van der Waals surface area contributed by atoms with Crippen molar-refractivity contribution >= 4 is 10.8 Å². The van der Waals surface area contributed by atoms with Crippen molar-refractivity contribution in [2.24, 2.45) is 0 Å². The van der Waals surface area contributed by atoms with Gasteiger partial charge in [-0.05, 0) is 23.5 Å². The van der Waals surface area contributed by atoms with Gasteiger partial charge in [0, 0.05) is 10.8 Å². The van der Waals surface area contributed by atoms with E-state index in [1.807, 2.05) is 36.4 Å². The van der Waals surface area contributed by atoms with Crippen LogP contribution in [0, 0.1) is 74.9 Å². The fourth-order valence-corrected chi connectivity index (χ4v) is 3.35. The molecule has 0 saturated carbocycles. The SMILES string of the molecule is Cc1c(C#N)c(C#N)c2c(C#N)c(C(C)(C)C)c(C#N)c(C#N)c2c1C#N. The fourth-order valence-electron chi connectivity index (χ4n) is 3.35. The monoisotopic (exact) mass is 348 g/mol. The Hall–Kier alpha value is -4.36. The third-order valence-corrected chi connectivity index (χ3v) is 4.42. The van der Waals surface area contributed by atoms with Crippen LogP contribution in [0.15, 0.2) is 0 Å². The van der Waals surface area contributed by atoms with Gasteiger partial charge in [0.2, 0.25) is 0 Å². The maximum atomic E-state index is 9.86. The Morgan fingerprint density at radius 2 is 0.889 bits per heavy atom. The van der Waals surface area contributed by atoms with E-state index < -0.39 is 5.41 Å². The van der Waals surface area contributed by atoms with Crippen LogP contribution in [0.5, 0.6) is 0 Å². The Bertz CT molecular complexity index is 1260. The van der Waals surface area contributed by atoms with E-state index in [0.29, 0.717) is 5.56 Å². The predicted molar refractivity (Wildman–Crippen MR) is 95.7 cm³/mol. The van der Waals surface area contributed by atoms with Gasteiger partial charge in [0.15, 0.2) is 0 Å². The van der Waals surface area contributed by atoms with E-state index in [2.05, 4.69) is 0 Å². The molecule has 2 aromatic rings. The first-order valence-electron chi connectivity index (χ1n) is 7.84. The van der Waals surface area contributed by atoms with E-state index >= 15 is 0 Å². The summed E-state index contributed by atoms with van der Waals surface area (Å²) in [5, 5.41) is 58.4.